The van der Waals surface area contributed by atoms with Gasteiger partial charge in [0.25, 0.3) is 15.9 Å². The van der Waals surface area contributed by atoms with Gasteiger partial charge in [0.2, 0.25) is 0 Å². The number of methoxy groups -OCH3 is 1. The van der Waals surface area contributed by atoms with Gasteiger partial charge in [0.1, 0.15) is 5.75 Å². The van der Waals surface area contributed by atoms with Crippen LogP contribution in [0.4, 0.5) is 5.69 Å². The molecule has 0 fully saturated rings. The maximum Gasteiger partial charge on any atom is 0.264 e. The van der Waals surface area contributed by atoms with Crippen LogP contribution < -0.4 is 14.4 Å². The average Bonchev–Trinajstić information content (AvgIpc) is 2.61. The van der Waals surface area contributed by atoms with Crippen LogP contribution in [-0.2, 0) is 10.0 Å². The first-order chi connectivity index (χ1) is 11.8. The van der Waals surface area contributed by atoms with E-state index in [2.05, 4.69) is 5.32 Å². The van der Waals surface area contributed by atoms with Crippen molar-refractivity contribution < 1.29 is 17.9 Å². The molecule has 0 radical (unpaired) electrons. The summed E-state index contributed by atoms with van der Waals surface area (Å²) >= 11 is 6.14. The molecule has 134 valence electrons. The number of rotatable bonds is 6. The fraction of sp³-hybridized carbons (Fsp3) is 0.235. The van der Waals surface area contributed by atoms with Crippen LogP contribution in [0.25, 0.3) is 0 Å². The van der Waals surface area contributed by atoms with E-state index in [1.807, 2.05) is 0 Å². The summed E-state index contributed by atoms with van der Waals surface area (Å²) in [5, 5.41) is 2.83. The predicted octanol–water partition coefficient (Wildman–Crippen LogP) is 2.92. The minimum atomic E-state index is -3.76. The van der Waals surface area contributed by atoms with Gasteiger partial charge in [0.15, 0.2) is 0 Å². The second-order valence-corrected chi connectivity index (χ2v) is 7.55. The molecule has 2 aromatic carbocycles. The van der Waals surface area contributed by atoms with Crippen molar-refractivity contribution in [2.45, 2.75) is 11.8 Å². The van der Waals surface area contributed by atoms with Gasteiger partial charge in [-0.15, -0.1) is 0 Å². The van der Waals surface area contributed by atoms with Crippen molar-refractivity contribution in [1.82, 2.24) is 5.32 Å². The Labute approximate surface area is 152 Å². The molecule has 0 aliphatic heterocycles. The number of amides is 1. The number of carbonyl (C=O) groups excluding carboxylic acids is 1. The molecule has 0 aromatic heterocycles. The molecule has 0 saturated carbocycles. The Morgan fingerprint density at radius 1 is 1.20 bits per heavy atom. The number of halogens is 1. The first-order valence-corrected chi connectivity index (χ1v) is 9.33. The van der Waals surface area contributed by atoms with E-state index in [-0.39, 0.29) is 15.8 Å². The van der Waals surface area contributed by atoms with Crippen molar-refractivity contribution >= 4 is 33.2 Å². The van der Waals surface area contributed by atoms with Crippen LogP contribution >= 0.6 is 11.6 Å². The molecule has 0 heterocycles. The zero-order valence-corrected chi connectivity index (χ0v) is 15.7. The Morgan fingerprint density at radius 2 is 1.84 bits per heavy atom. The molecule has 1 amide bonds. The van der Waals surface area contributed by atoms with Crippen molar-refractivity contribution in [3.63, 3.8) is 0 Å². The Kier molecular flexibility index (Phi) is 5.92. The monoisotopic (exact) mass is 382 g/mol. The van der Waals surface area contributed by atoms with Gasteiger partial charge in [-0.05, 0) is 49.4 Å². The van der Waals surface area contributed by atoms with Crippen molar-refractivity contribution in [3.05, 3.63) is 53.1 Å². The fourth-order valence-electron chi connectivity index (χ4n) is 2.18. The van der Waals surface area contributed by atoms with Crippen molar-refractivity contribution in [2.75, 3.05) is 25.0 Å². The van der Waals surface area contributed by atoms with Crippen LogP contribution in [-0.4, -0.2) is 35.0 Å². The van der Waals surface area contributed by atoms with E-state index in [1.54, 1.807) is 19.1 Å². The summed E-state index contributed by atoms with van der Waals surface area (Å²) in [6, 6.07) is 10.6. The maximum atomic E-state index is 12.7. The highest BCUT2D eigenvalue weighted by atomic mass is 35.5. The molecule has 25 heavy (non-hydrogen) atoms. The van der Waals surface area contributed by atoms with Gasteiger partial charge < -0.3 is 10.1 Å². The third-order valence-electron chi connectivity index (χ3n) is 3.62. The molecule has 0 unspecified atom stereocenters. The molecule has 6 nitrogen and oxygen atoms in total. The third-order valence-corrected chi connectivity index (χ3v) is 5.73. The van der Waals surface area contributed by atoms with Crippen molar-refractivity contribution in [1.29, 1.82) is 0 Å². The summed E-state index contributed by atoms with van der Waals surface area (Å²) in [6.07, 6.45) is 0. The molecule has 0 spiro atoms. The summed E-state index contributed by atoms with van der Waals surface area (Å²) in [4.78, 5) is 12.0. The minimum absolute atomic E-state index is 0.125. The molecule has 0 atom stereocenters. The Bertz CT molecular complexity index is 867. The first-order valence-electron chi connectivity index (χ1n) is 7.52. The molecule has 1 N–H and O–H groups in total. The summed E-state index contributed by atoms with van der Waals surface area (Å²) in [5.41, 5.74) is 0.649. The second-order valence-electron chi connectivity index (χ2n) is 5.17. The molecular formula is C17H19ClN2O4S. The lowest BCUT2D eigenvalue weighted by molar-refractivity contribution is 0.0956. The van der Waals surface area contributed by atoms with E-state index in [4.69, 9.17) is 16.3 Å². The van der Waals surface area contributed by atoms with E-state index < -0.39 is 10.0 Å². The summed E-state index contributed by atoms with van der Waals surface area (Å²) in [6.45, 7) is 2.28. The lowest BCUT2D eigenvalue weighted by atomic mass is 10.2. The van der Waals surface area contributed by atoms with Crippen LogP contribution in [0.1, 0.15) is 17.3 Å². The molecule has 0 saturated heterocycles. The number of benzene rings is 2. The molecular weight excluding hydrogens is 364 g/mol. The normalized spacial score (nSPS) is 11.0. The minimum Gasteiger partial charge on any atom is -0.497 e. The average molecular weight is 383 g/mol. The highest BCUT2D eigenvalue weighted by Gasteiger charge is 2.22. The number of sulfonamides is 1. The Hall–Kier alpha value is -2.25. The van der Waals surface area contributed by atoms with Crippen molar-refractivity contribution in [3.8, 4) is 5.75 Å². The quantitative estimate of drug-likeness (QED) is 0.833. The Balaban J connectivity index is 2.33. The highest BCUT2D eigenvalue weighted by molar-refractivity contribution is 7.92. The molecule has 8 heteroatoms. The summed E-state index contributed by atoms with van der Waals surface area (Å²) in [5.74, 6) is 0.260. The fourth-order valence-corrected chi connectivity index (χ4v) is 3.63. The zero-order chi connectivity index (χ0) is 18.6. The van der Waals surface area contributed by atoms with E-state index in [1.165, 1.54) is 44.5 Å². The van der Waals surface area contributed by atoms with Gasteiger partial charge >= 0.3 is 0 Å². The number of carbonyl (C=O) groups is 1. The molecule has 0 aliphatic rings. The van der Waals surface area contributed by atoms with Crippen LogP contribution in [0, 0.1) is 0 Å². The number of anilines is 1. The number of hydrogen-bond acceptors (Lipinski definition) is 4. The van der Waals surface area contributed by atoms with Gasteiger partial charge in [-0.3, -0.25) is 9.10 Å². The molecule has 2 rings (SSSR count). The molecule has 0 bridgehead atoms. The predicted molar refractivity (Wildman–Crippen MR) is 98.0 cm³/mol. The third kappa shape index (κ3) is 4.05. The van der Waals surface area contributed by atoms with Gasteiger partial charge in [-0.1, -0.05) is 11.6 Å². The van der Waals surface area contributed by atoms with E-state index in [0.717, 1.165) is 4.31 Å². The number of ether oxygens (including phenoxy) is 1. The number of hydrogen-bond donors (Lipinski definition) is 1. The maximum absolute atomic E-state index is 12.7. The van der Waals surface area contributed by atoms with Crippen LogP contribution in [0.15, 0.2) is 47.4 Å². The highest BCUT2D eigenvalue weighted by Crippen LogP contribution is 2.27. The standard InChI is InChI=1S/C17H19ClN2O4S/c1-4-19-17(21)15-10-5-12(11-16(15)18)20(2)25(22,23)14-8-6-13(24-3)7-9-14/h5-11H,4H2,1-3H3,(H,19,21). The van der Waals surface area contributed by atoms with Crippen LogP contribution in [0.3, 0.4) is 0 Å². The van der Waals surface area contributed by atoms with E-state index >= 15 is 0 Å². The topological polar surface area (TPSA) is 75.7 Å². The first kappa shape index (κ1) is 19.1. The number of nitrogens with zero attached hydrogens (tertiary/aromatic N) is 1. The lowest BCUT2D eigenvalue weighted by Crippen LogP contribution is -2.27. The molecule has 2 aromatic rings. The van der Waals surface area contributed by atoms with Crippen LogP contribution in [0.5, 0.6) is 5.75 Å². The van der Waals surface area contributed by atoms with E-state index in [9.17, 15) is 13.2 Å². The second kappa shape index (κ2) is 7.76. The van der Waals surface area contributed by atoms with Crippen molar-refractivity contribution in [2.24, 2.45) is 0 Å². The van der Waals surface area contributed by atoms with E-state index in [0.29, 0.717) is 23.5 Å². The Morgan fingerprint density at radius 3 is 2.36 bits per heavy atom. The van der Waals surface area contributed by atoms with Gasteiger partial charge in [-0.2, -0.15) is 0 Å². The summed E-state index contributed by atoms with van der Waals surface area (Å²) in [7, 11) is -0.823. The molecule has 0 aliphatic carbocycles. The summed E-state index contributed by atoms with van der Waals surface area (Å²) < 4.78 is 31.6. The van der Waals surface area contributed by atoms with Gasteiger partial charge in [0, 0.05) is 13.6 Å². The van der Waals surface area contributed by atoms with Crippen LogP contribution in [0.2, 0.25) is 5.02 Å². The smallest absolute Gasteiger partial charge is 0.264 e. The largest absolute Gasteiger partial charge is 0.497 e. The zero-order valence-electron chi connectivity index (χ0n) is 14.1. The lowest BCUT2D eigenvalue weighted by Gasteiger charge is -2.20. The van der Waals surface area contributed by atoms with Gasteiger partial charge in [-0.25, -0.2) is 8.42 Å². The SMILES string of the molecule is CCNC(=O)c1ccc(N(C)S(=O)(=O)c2ccc(OC)cc2)cc1Cl. The number of nitrogens with one attached hydrogen (secondary N) is 1. The van der Waals surface area contributed by atoms with Gasteiger partial charge in [0.05, 0.1) is 28.3 Å².